The third-order valence-electron chi connectivity index (χ3n) is 3.34. The normalized spacial score (nSPS) is 11.8. The first-order chi connectivity index (χ1) is 12.5. The van der Waals surface area contributed by atoms with Gasteiger partial charge in [0, 0.05) is 25.5 Å². The molecule has 11 heteroatoms. The molecule has 0 aliphatic heterocycles. The van der Waals surface area contributed by atoms with E-state index < -0.39 is 24.0 Å². The van der Waals surface area contributed by atoms with Crippen molar-refractivity contribution >= 4 is 11.9 Å². The molecule has 0 saturated heterocycles. The predicted octanol–water partition coefficient (Wildman–Crippen LogP) is 2.06. The van der Waals surface area contributed by atoms with Crippen molar-refractivity contribution in [2.45, 2.75) is 13.0 Å². The van der Waals surface area contributed by atoms with Crippen LogP contribution >= 0.6 is 0 Å². The van der Waals surface area contributed by atoms with E-state index in [-0.39, 0.29) is 22.9 Å². The van der Waals surface area contributed by atoms with E-state index >= 15 is 0 Å². The maximum Gasteiger partial charge on any atom is 0.413 e. The molecule has 3 aromatic rings. The summed E-state index contributed by atoms with van der Waals surface area (Å²) in [5.41, 5.74) is 0.0233. The molecule has 1 atom stereocenters. The van der Waals surface area contributed by atoms with Gasteiger partial charge in [-0.25, -0.2) is 28.8 Å². The van der Waals surface area contributed by atoms with Gasteiger partial charge in [0.15, 0.2) is 17.3 Å². The minimum absolute atomic E-state index is 0.172. The maximum absolute atomic E-state index is 13.7. The van der Waals surface area contributed by atoms with E-state index in [2.05, 4.69) is 36.6 Å². The van der Waals surface area contributed by atoms with Crippen molar-refractivity contribution in [2.75, 3.05) is 5.32 Å². The molecule has 0 aromatic carbocycles. The minimum Gasteiger partial charge on any atom is -0.441 e. The standard InChI is InChI=1S/C15H12F2N7O2/c1-8(10-6-9(16)7-20-12(10)17)26-15(25)21-14-11(22-23-24(14)2)13-18-4-3-5-19-13/h4-8H,1-2H3,(H,21,25)/t8-/m1/s1. The second kappa shape index (κ2) is 7.17. The number of aryl methyl sites for hydroxylation is 1. The fraction of sp³-hybridized carbons (Fsp3) is 0.200. The van der Waals surface area contributed by atoms with Crippen LogP contribution in [0.25, 0.3) is 11.5 Å². The molecule has 26 heavy (non-hydrogen) atoms. The second-order valence-electron chi connectivity index (χ2n) is 5.12. The Hall–Kier alpha value is -3.50. The summed E-state index contributed by atoms with van der Waals surface area (Å²) in [6, 6.07) is 3.57. The predicted molar refractivity (Wildman–Crippen MR) is 83.5 cm³/mol. The number of hydrogen-bond donors (Lipinski definition) is 1. The van der Waals surface area contributed by atoms with Crippen LogP contribution < -0.4 is 5.32 Å². The summed E-state index contributed by atoms with van der Waals surface area (Å²) in [6.07, 6.45) is 1.51. The molecule has 1 amide bonds. The van der Waals surface area contributed by atoms with Crippen molar-refractivity contribution < 1.29 is 18.3 Å². The highest BCUT2D eigenvalue weighted by molar-refractivity contribution is 5.87. The number of carbonyl (C=O) groups is 1. The lowest BCUT2D eigenvalue weighted by Crippen LogP contribution is -2.19. The Bertz CT molecular complexity index is 933. The second-order valence-corrected chi connectivity index (χ2v) is 5.12. The highest BCUT2D eigenvalue weighted by atomic mass is 19.1. The van der Waals surface area contributed by atoms with Crippen LogP contribution in [-0.2, 0) is 11.8 Å². The Kier molecular flexibility index (Phi) is 4.78. The number of nitrogens with zero attached hydrogens (tertiary/aromatic N) is 6. The summed E-state index contributed by atoms with van der Waals surface area (Å²) in [7, 11) is 1.54. The first-order valence-corrected chi connectivity index (χ1v) is 7.32. The van der Waals surface area contributed by atoms with Crippen LogP contribution in [0.3, 0.4) is 0 Å². The largest absolute Gasteiger partial charge is 0.441 e. The van der Waals surface area contributed by atoms with Crippen molar-refractivity contribution in [1.29, 1.82) is 0 Å². The van der Waals surface area contributed by atoms with E-state index in [0.717, 1.165) is 12.3 Å². The lowest BCUT2D eigenvalue weighted by Gasteiger charge is -2.14. The van der Waals surface area contributed by atoms with Gasteiger partial charge < -0.3 is 4.74 Å². The van der Waals surface area contributed by atoms with Gasteiger partial charge in [-0.15, -0.1) is 5.10 Å². The van der Waals surface area contributed by atoms with Crippen LogP contribution in [0.4, 0.5) is 19.4 Å². The van der Waals surface area contributed by atoms with Crippen LogP contribution in [0, 0.1) is 17.8 Å². The monoisotopic (exact) mass is 360 g/mol. The number of aromatic nitrogens is 6. The maximum atomic E-state index is 13.7. The number of halogens is 2. The van der Waals surface area contributed by atoms with Gasteiger partial charge in [-0.1, -0.05) is 5.21 Å². The SMILES string of the molecule is C[C@@H](OC(=O)Nc1c(-c2nc[c]cn2)nnn1C)c1cc(F)cnc1F. The topological polar surface area (TPSA) is 108 Å². The molecule has 1 N–H and O–H groups in total. The van der Waals surface area contributed by atoms with E-state index in [1.54, 1.807) is 7.05 Å². The van der Waals surface area contributed by atoms with E-state index in [4.69, 9.17) is 4.74 Å². The fourth-order valence-corrected chi connectivity index (χ4v) is 2.11. The Morgan fingerprint density at radius 2 is 2.04 bits per heavy atom. The number of hydrogen-bond acceptors (Lipinski definition) is 7. The summed E-state index contributed by atoms with van der Waals surface area (Å²) in [6.45, 7) is 1.39. The minimum atomic E-state index is -1.08. The van der Waals surface area contributed by atoms with Gasteiger partial charge >= 0.3 is 6.09 Å². The van der Waals surface area contributed by atoms with Gasteiger partial charge in [-0.05, 0) is 13.0 Å². The van der Waals surface area contributed by atoms with Crippen molar-refractivity contribution in [3.63, 3.8) is 0 Å². The molecule has 9 nitrogen and oxygen atoms in total. The van der Waals surface area contributed by atoms with Crippen molar-refractivity contribution in [3.8, 4) is 11.5 Å². The quantitative estimate of drug-likeness (QED) is 0.710. The van der Waals surface area contributed by atoms with Crippen molar-refractivity contribution in [3.05, 3.63) is 48.1 Å². The summed E-state index contributed by atoms with van der Waals surface area (Å²) >= 11 is 0. The van der Waals surface area contributed by atoms with Crippen LogP contribution in [0.1, 0.15) is 18.6 Å². The van der Waals surface area contributed by atoms with Crippen LogP contribution in [0.15, 0.2) is 24.7 Å². The van der Waals surface area contributed by atoms with Crippen LogP contribution in [0.5, 0.6) is 0 Å². The molecule has 0 aliphatic rings. The number of anilines is 1. The number of carbonyl (C=O) groups excluding carboxylic acids is 1. The van der Waals surface area contributed by atoms with Gasteiger partial charge in [0.1, 0.15) is 11.9 Å². The van der Waals surface area contributed by atoms with Crippen LogP contribution in [0.2, 0.25) is 0 Å². The number of ether oxygens (including phenoxy) is 1. The number of rotatable bonds is 4. The Labute approximate surface area is 146 Å². The Morgan fingerprint density at radius 3 is 2.77 bits per heavy atom. The molecule has 0 unspecified atom stereocenters. The van der Waals surface area contributed by atoms with Gasteiger partial charge in [-0.2, -0.15) is 4.39 Å². The lowest BCUT2D eigenvalue weighted by molar-refractivity contribution is 0.118. The van der Waals surface area contributed by atoms with Gasteiger partial charge in [0.05, 0.1) is 11.8 Å². The Balaban J connectivity index is 1.77. The molecule has 0 aliphatic carbocycles. The molecule has 0 spiro atoms. The van der Waals surface area contributed by atoms with Gasteiger partial charge in [-0.3, -0.25) is 5.32 Å². The highest BCUT2D eigenvalue weighted by Gasteiger charge is 2.21. The number of amides is 1. The molecule has 3 heterocycles. The first-order valence-electron chi connectivity index (χ1n) is 7.32. The molecule has 133 valence electrons. The van der Waals surface area contributed by atoms with Crippen LogP contribution in [-0.4, -0.2) is 36.0 Å². The molecule has 0 fully saturated rings. The first kappa shape index (κ1) is 17.3. The zero-order valence-corrected chi connectivity index (χ0v) is 13.6. The number of pyridine rings is 1. The average molecular weight is 360 g/mol. The van der Waals surface area contributed by atoms with E-state index in [9.17, 15) is 13.6 Å². The summed E-state index contributed by atoms with van der Waals surface area (Å²) in [5, 5.41) is 10.1. The zero-order chi connectivity index (χ0) is 18.7. The smallest absolute Gasteiger partial charge is 0.413 e. The third-order valence-corrected chi connectivity index (χ3v) is 3.34. The fourth-order valence-electron chi connectivity index (χ4n) is 2.11. The number of nitrogens with one attached hydrogen (secondary N) is 1. The molecular formula is C15H12F2N7O2. The zero-order valence-electron chi connectivity index (χ0n) is 13.6. The summed E-state index contributed by atoms with van der Waals surface area (Å²) in [4.78, 5) is 23.4. The molecule has 1 radical (unpaired) electrons. The van der Waals surface area contributed by atoms with Crippen molar-refractivity contribution in [1.82, 2.24) is 29.9 Å². The van der Waals surface area contributed by atoms with E-state index in [1.807, 2.05) is 0 Å². The lowest BCUT2D eigenvalue weighted by atomic mass is 10.2. The van der Waals surface area contributed by atoms with Gasteiger partial charge in [0.2, 0.25) is 5.95 Å². The molecular weight excluding hydrogens is 348 g/mol. The highest BCUT2D eigenvalue weighted by Crippen LogP contribution is 2.23. The molecule has 3 rings (SSSR count). The third kappa shape index (κ3) is 3.61. The van der Waals surface area contributed by atoms with Crippen molar-refractivity contribution in [2.24, 2.45) is 7.05 Å². The Morgan fingerprint density at radius 1 is 1.31 bits per heavy atom. The molecule has 3 aromatic heterocycles. The summed E-state index contributed by atoms with van der Waals surface area (Å²) in [5.74, 6) is -1.27. The summed E-state index contributed by atoms with van der Waals surface area (Å²) < 4.78 is 33.2. The molecule has 0 bridgehead atoms. The van der Waals surface area contributed by atoms with E-state index in [0.29, 0.717) is 0 Å². The van der Waals surface area contributed by atoms with Gasteiger partial charge in [0.25, 0.3) is 0 Å². The average Bonchev–Trinajstić information content (AvgIpc) is 2.98. The molecule has 0 saturated carbocycles. The van der Waals surface area contributed by atoms with E-state index in [1.165, 1.54) is 24.0 Å².